The van der Waals surface area contributed by atoms with Crippen LogP contribution in [0.15, 0.2) is 45.9 Å². The first-order valence-electron chi connectivity index (χ1n) is 9.86. The summed E-state index contributed by atoms with van der Waals surface area (Å²) in [7, 11) is 0. The molecule has 4 rings (SSSR count). The summed E-state index contributed by atoms with van der Waals surface area (Å²) in [4.78, 5) is 6.99. The molecule has 0 amide bonds. The van der Waals surface area contributed by atoms with Crippen LogP contribution in [0.5, 0.6) is 17.2 Å². The van der Waals surface area contributed by atoms with Crippen molar-refractivity contribution < 1.29 is 14.6 Å². The van der Waals surface area contributed by atoms with E-state index in [0.717, 1.165) is 60.6 Å². The molecule has 1 N–H and O–H groups in total. The molecule has 2 aromatic rings. The van der Waals surface area contributed by atoms with Crippen molar-refractivity contribution in [2.75, 3.05) is 32.8 Å². The van der Waals surface area contributed by atoms with Gasteiger partial charge < -0.3 is 14.6 Å². The fourth-order valence-electron chi connectivity index (χ4n) is 3.75. The van der Waals surface area contributed by atoms with Gasteiger partial charge in [-0.2, -0.15) is 0 Å². The van der Waals surface area contributed by atoms with Crippen molar-refractivity contribution in [3.8, 4) is 17.2 Å². The summed E-state index contributed by atoms with van der Waals surface area (Å²) >= 11 is 9.48. The Morgan fingerprint density at radius 1 is 1.17 bits per heavy atom. The number of phenols is 1. The smallest absolute Gasteiger partial charge is 0.163 e. The summed E-state index contributed by atoms with van der Waals surface area (Å²) in [6.45, 7) is 4.27. The molecule has 0 radical (unpaired) electrons. The zero-order valence-corrected chi connectivity index (χ0v) is 18.4. The first kappa shape index (κ1) is 20.5. The van der Waals surface area contributed by atoms with Gasteiger partial charge in [-0.1, -0.05) is 27.5 Å². The Morgan fingerprint density at radius 3 is 2.83 bits per heavy atom. The molecule has 29 heavy (non-hydrogen) atoms. The van der Waals surface area contributed by atoms with Gasteiger partial charge in [0.05, 0.1) is 0 Å². The molecule has 1 fully saturated rings. The van der Waals surface area contributed by atoms with Gasteiger partial charge in [0.2, 0.25) is 0 Å². The highest BCUT2D eigenvalue weighted by atomic mass is 79.9. The number of hydrogen-bond acceptors (Lipinski definition) is 5. The molecule has 0 spiro atoms. The van der Waals surface area contributed by atoms with E-state index in [1.807, 2.05) is 30.3 Å². The zero-order chi connectivity index (χ0) is 20.2. The van der Waals surface area contributed by atoms with E-state index in [9.17, 15) is 5.11 Å². The van der Waals surface area contributed by atoms with Crippen molar-refractivity contribution in [2.45, 2.75) is 18.9 Å². The molecular formula is C22H24BrClN2O3. The van der Waals surface area contributed by atoms with Crippen molar-refractivity contribution in [2.24, 2.45) is 10.9 Å². The van der Waals surface area contributed by atoms with Crippen molar-refractivity contribution >= 4 is 33.7 Å². The van der Waals surface area contributed by atoms with Crippen molar-refractivity contribution in [1.29, 1.82) is 0 Å². The van der Waals surface area contributed by atoms with Gasteiger partial charge in [-0.15, -0.1) is 0 Å². The van der Waals surface area contributed by atoms with Gasteiger partial charge in [-0.05, 0) is 62.2 Å². The van der Waals surface area contributed by atoms with Crippen LogP contribution < -0.4 is 9.47 Å². The number of piperidine rings is 1. The van der Waals surface area contributed by atoms with E-state index in [4.69, 9.17) is 21.1 Å². The Kier molecular flexibility index (Phi) is 6.63. The van der Waals surface area contributed by atoms with Crippen LogP contribution in [-0.2, 0) is 0 Å². The number of benzene rings is 2. The molecule has 0 saturated carbocycles. The van der Waals surface area contributed by atoms with Gasteiger partial charge in [0.15, 0.2) is 11.5 Å². The van der Waals surface area contributed by atoms with Crippen LogP contribution in [0, 0.1) is 5.92 Å². The first-order chi connectivity index (χ1) is 14.1. The number of aliphatic imine (C=N–C) groups is 1. The lowest BCUT2D eigenvalue weighted by Gasteiger charge is -2.35. The minimum Gasteiger partial charge on any atom is -0.507 e. The number of aromatic hydroxyl groups is 1. The van der Waals surface area contributed by atoms with Gasteiger partial charge in [-0.25, -0.2) is 0 Å². The van der Waals surface area contributed by atoms with E-state index < -0.39 is 0 Å². The van der Waals surface area contributed by atoms with Gasteiger partial charge in [0.25, 0.3) is 0 Å². The number of likely N-dealkylation sites (tertiary alicyclic amines) is 1. The maximum absolute atomic E-state index is 9.89. The maximum Gasteiger partial charge on any atom is 0.163 e. The largest absolute Gasteiger partial charge is 0.507 e. The lowest BCUT2D eigenvalue weighted by molar-refractivity contribution is 0.0483. The van der Waals surface area contributed by atoms with Gasteiger partial charge >= 0.3 is 0 Å². The Morgan fingerprint density at radius 2 is 2.00 bits per heavy atom. The van der Waals surface area contributed by atoms with E-state index in [2.05, 4.69) is 25.8 Å². The highest BCUT2D eigenvalue weighted by molar-refractivity contribution is 9.10. The average Bonchev–Trinajstić information content (AvgIpc) is 2.71. The molecule has 5 nitrogen and oxygen atoms in total. The van der Waals surface area contributed by atoms with E-state index in [-0.39, 0.29) is 11.9 Å². The molecule has 1 atom stereocenters. The van der Waals surface area contributed by atoms with Gasteiger partial charge in [-0.3, -0.25) is 9.89 Å². The third-order valence-corrected chi connectivity index (χ3v) is 6.11. The average molecular weight is 480 g/mol. The van der Waals surface area contributed by atoms with E-state index in [0.29, 0.717) is 17.5 Å². The van der Waals surface area contributed by atoms with E-state index >= 15 is 0 Å². The Balaban J connectivity index is 1.23. The molecule has 2 aromatic carbocycles. The van der Waals surface area contributed by atoms with Crippen LogP contribution in [0.25, 0.3) is 0 Å². The predicted molar refractivity (Wildman–Crippen MR) is 119 cm³/mol. The quantitative estimate of drug-likeness (QED) is 0.627. The number of nitrogens with zero attached hydrogens (tertiary/aromatic N) is 2. The molecule has 0 aromatic heterocycles. The molecular weight excluding hydrogens is 456 g/mol. The molecule has 1 saturated heterocycles. The summed E-state index contributed by atoms with van der Waals surface area (Å²) in [5.41, 5.74) is 0.742. The van der Waals surface area contributed by atoms with Crippen LogP contribution >= 0.6 is 27.5 Å². The summed E-state index contributed by atoms with van der Waals surface area (Å²) in [5, 5.41) is 10.5. The van der Waals surface area contributed by atoms with Crippen LogP contribution in [-0.4, -0.2) is 55.1 Å². The predicted octanol–water partition coefficient (Wildman–Crippen LogP) is 4.78. The van der Waals surface area contributed by atoms with Gasteiger partial charge in [0, 0.05) is 40.4 Å². The fraction of sp³-hybridized carbons (Fsp3) is 0.409. The first-order valence-corrected chi connectivity index (χ1v) is 11.0. The molecule has 2 aliphatic rings. The Hall–Kier alpha value is -1.76. The molecule has 0 aliphatic carbocycles. The molecule has 154 valence electrons. The van der Waals surface area contributed by atoms with E-state index in [1.165, 1.54) is 0 Å². The molecule has 0 bridgehead atoms. The Labute approximate surface area is 184 Å². The molecule has 0 unspecified atom stereocenters. The summed E-state index contributed by atoms with van der Waals surface area (Å²) in [6.07, 6.45) is 4.01. The number of hydrogen-bond donors (Lipinski definition) is 1. The number of rotatable bonds is 5. The molecule has 2 aliphatic heterocycles. The lowest BCUT2D eigenvalue weighted by Crippen LogP contribution is -2.44. The Bertz CT molecular complexity index is 884. The second-order valence-corrected chi connectivity index (χ2v) is 8.94. The number of ether oxygens (including phenoxy) is 2. The summed E-state index contributed by atoms with van der Waals surface area (Å²) < 4.78 is 12.8. The minimum absolute atomic E-state index is 0.0232. The highest BCUT2D eigenvalue weighted by Crippen LogP contribution is 2.34. The highest BCUT2D eigenvalue weighted by Gasteiger charge is 2.26. The third-order valence-electron chi connectivity index (χ3n) is 5.38. The van der Waals surface area contributed by atoms with E-state index in [1.54, 1.807) is 12.3 Å². The molecule has 2 heterocycles. The second-order valence-electron chi connectivity index (χ2n) is 7.58. The standard InChI is InChI=1S/C22H24BrClN2O3/c23-17-1-3-20(27)16(9-17)12-25-11-15-5-7-26(8-6-15)13-19-14-28-21-4-2-18(24)10-22(21)29-19/h1-4,9-10,12,15,19,27H,5-8,11,13-14H2/t19-/m0/s1. The summed E-state index contributed by atoms with van der Waals surface area (Å²) in [6, 6.07) is 10.8. The van der Waals surface area contributed by atoms with Crippen molar-refractivity contribution in [1.82, 2.24) is 4.90 Å². The number of halogens is 2. The minimum atomic E-state index is 0.0232. The van der Waals surface area contributed by atoms with Crippen LogP contribution in [0.4, 0.5) is 0 Å². The van der Waals surface area contributed by atoms with Gasteiger partial charge in [0.1, 0.15) is 18.5 Å². The second kappa shape index (κ2) is 9.37. The topological polar surface area (TPSA) is 54.3 Å². The summed E-state index contributed by atoms with van der Waals surface area (Å²) in [5.74, 6) is 2.32. The lowest BCUT2D eigenvalue weighted by atomic mass is 9.97. The third kappa shape index (κ3) is 5.44. The zero-order valence-electron chi connectivity index (χ0n) is 16.1. The van der Waals surface area contributed by atoms with Crippen LogP contribution in [0.1, 0.15) is 18.4 Å². The van der Waals surface area contributed by atoms with Crippen LogP contribution in [0.3, 0.4) is 0 Å². The van der Waals surface area contributed by atoms with Crippen molar-refractivity contribution in [3.05, 3.63) is 51.5 Å². The fourth-order valence-corrected chi connectivity index (χ4v) is 4.29. The molecule has 7 heteroatoms. The SMILES string of the molecule is Oc1ccc(Br)cc1C=NCC1CCN(C[C@H]2COc3ccc(Cl)cc3O2)CC1. The monoisotopic (exact) mass is 478 g/mol. The normalized spacial score (nSPS) is 20.3. The van der Waals surface area contributed by atoms with Crippen molar-refractivity contribution in [3.63, 3.8) is 0 Å². The number of fused-ring (bicyclic) bond motifs is 1. The number of phenolic OH excluding ortho intramolecular Hbond substituents is 1. The van der Waals surface area contributed by atoms with Crippen LogP contribution in [0.2, 0.25) is 5.02 Å². The maximum atomic E-state index is 9.89.